The van der Waals surface area contributed by atoms with Crippen molar-refractivity contribution in [3.63, 3.8) is 0 Å². The van der Waals surface area contributed by atoms with Crippen LogP contribution in [-0.2, 0) is 5.41 Å². The van der Waals surface area contributed by atoms with E-state index in [4.69, 9.17) is 0 Å². The van der Waals surface area contributed by atoms with E-state index in [0.717, 1.165) is 11.4 Å². The van der Waals surface area contributed by atoms with Crippen LogP contribution in [0.2, 0.25) is 0 Å². The van der Waals surface area contributed by atoms with Gasteiger partial charge in [-0.3, -0.25) is 14.6 Å². The number of hydrogen-bond donors (Lipinski definition) is 2. The smallest absolute Gasteiger partial charge is 0.256 e. The summed E-state index contributed by atoms with van der Waals surface area (Å²) in [7, 11) is 3.84. The molecule has 8 nitrogen and oxygen atoms in total. The lowest BCUT2D eigenvalue weighted by molar-refractivity contribution is 0.102. The molecule has 1 amide bonds. The molecule has 0 atom stereocenters. The quantitative estimate of drug-likeness (QED) is 0.691. The van der Waals surface area contributed by atoms with Gasteiger partial charge in [0.25, 0.3) is 11.5 Å². The lowest BCUT2D eigenvalue weighted by Crippen LogP contribution is -2.21. The zero-order valence-electron chi connectivity index (χ0n) is 18.5. The first-order valence-corrected chi connectivity index (χ1v) is 9.74. The van der Waals surface area contributed by atoms with Gasteiger partial charge in [-0.1, -0.05) is 26.8 Å². The maximum Gasteiger partial charge on any atom is 0.256 e. The van der Waals surface area contributed by atoms with Gasteiger partial charge in [0.15, 0.2) is 0 Å². The molecule has 1 aromatic carbocycles. The first-order chi connectivity index (χ1) is 14.0. The summed E-state index contributed by atoms with van der Waals surface area (Å²) in [6, 6.07) is 9.15. The van der Waals surface area contributed by atoms with Crippen molar-refractivity contribution >= 4 is 17.4 Å². The Morgan fingerprint density at radius 2 is 1.87 bits per heavy atom. The molecular weight excluding hydrogens is 380 g/mol. The Balaban J connectivity index is 2.06. The highest BCUT2D eigenvalue weighted by atomic mass is 16.2. The summed E-state index contributed by atoms with van der Waals surface area (Å²) in [5.74, 6) is 0.425. The Kier molecular flexibility index (Phi) is 5.52. The fourth-order valence-electron chi connectivity index (χ4n) is 2.84. The summed E-state index contributed by atoms with van der Waals surface area (Å²) >= 11 is 0. The van der Waals surface area contributed by atoms with Gasteiger partial charge in [-0.25, -0.2) is 4.98 Å². The second-order valence-corrected chi connectivity index (χ2v) is 8.58. The number of aryl methyl sites for hydroxylation is 1. The molecule has 0 fully saturated rings. The van der Waals surface area contributed by atoms with Gasteiger partial charge in [-0.05, 0) is 32.0 Å². The average Bonchev–Trinajstić information content (AvgIpc) is 3.10. The van der Waals surface area contributed by atoms with Crippen LogP contribution in [0.15, 0.2) is 35.1 Å². The zero-order valence-corrected chi connectivity index (χ0v) is 18.5. The van der Waals surface area contributed by atoms with Gasteiger partial charge in [0.2, 0.25) is 5.95 Å². The van der Waals surface area contributed by atoms with Crippen LogP contribution in [0.5, 0.6) is 0 Å². The summed E-state index contributed by atoms with van der Waals surface area (Å²) in [5, 5.41) is 7.54. The number of nitrogens with zero attached hydrogens (tertiary/aromatic N) is 4. The third-order valence-electron chi connectivity index (χ3n) is 4.93. The number of carbonyl (C=O) groups is 1. The van der Waals surface area contributed by atoms with E-state index in [2.05, 4.69) is 20.4 Å². The third kappa shape index (κ3) is 4.27. The number of aromatic nitrogens is 4. The SMILES string of the molecule is Cc1nc(-n2nc(C(C)(C)C)cc2NC(=O)c2cccc(N(C)C)c2)[nH]c(=O)c1C. The van der Waals surface area contributed by atoms with Crippen LogP contribution in [0, 0.1) is 13.8 Å². The summed E-state index contributed by atoms with van der Waals surface area (Å²) in [5.41, 5.74) is 2.88. The molecule has 0 aliphatic carbocycles. The molecule has 0 radical (unpaired) electrons. The first-order valence-electron chi connectivity index (χ1n) is 9.74. The third-order valence-corrected chi connectivity index (χ3v) is 4.93. The van der Waals surface area contributed by atoms with Crippen molar-refractivity contribution in [1.82, 2.24) is 19.7 Å². The molecule has 0 spiro atoms. The number of carbonyl (C=O) groups excluding carboxylic acids is 1. The molecule has 0 aliphatic rings. The summed E-state index contributed by atoms with van der Waals surface area (Å²) < 4.78 is 1.47. The summed E-state index contributed by atoms with van der Waals surface area (Å²) in [6.07, 6.45) is 0. The molecule has 2 aromatic heterocycles. The molecule has 0 saturated carbocycles. The lowest BCUT2D eigenvalue weighted by Gasteiger charge is -2.14. The fraction of sp³-hybridized carbons (Fsp3) is 0.364. The van der Waals surface area contributed by atoms with Gasteiger partial charge < -0.3 is 10.2 Å². The van der Waals surface area contributed by atoms with E-state index in [9.17, 15) is 9.59 Å². The minimum Gasteiger partial charge on any atom is -0.378 e. The second kappa shape index (κ2) is 7.78. The van der Waals surface area contributed by atoms with Crippen molar-refractivity contribution in [3.8, 4) is 5.95 Å². The van der Waals surface area contributed by atoms with E-state index in [1.54, 1.807) is 19.9 Å². The van der Waals surface area contributed by atoms with Crippen LogP contribution < -0.4 is 15.8 Å². The Morgan fingerprint density at radius 1 is 1.17 bits per heavy atom. The monoisotopic (exact) mass is 408 g/mol. The number of amides is 1. The van der Waals surface area contributed by atoms with Crippen LogP contribution in [0.25, 0.3) is 5.95 Å². The van der Waals surface area contributed by atoms with E-state index in [1.165, 1.54) is 4.68 Å². The van der Waals surface area contributed by atoms with Crippen LogP contribution in [0.1, 0.15) is 48.1 Å². The number of rotatable bonds is 4. The van der Waals surface area contributed by atoms with Crippen molar-refractivity contribution in [2.45, 2.75) is 40.0 Å². The molecule has 0 unspecified atom stereocenters. The standard InChI is InChI=1S/C22H28N6O2/c1-13-14(2)23-21(25-19(13)29)28-18(12-17(26-28)22(3,4)5)24-20(30)15-9-8-10-16(11-15)27(6)7/h8-12H,1-7H3,(H,24,30)(H,23,25,29). The molecule has 3 aromatic rings. The van der Waals surface area contributed by atoms with Crippen molar-refractivity contribution in [2.75, 3.05) is 24.3 Å². The van der Waals surface area contributed by atoms with E-state index in [1.807, 2.05) is 64.0 Å². The predicted octanol–water partition coefficient (Wildman–Crippen LogP) is 3.19. The highest BCUT2D eigenvalue weighted by Gasteiger charge is 2.23. The van der Waals surface area contributed by atoms with E-state index in [0.29, 0.717) is 22.6 Å². The zero-order chi connectivity index (χ0) is 22.2. The van der Waals surface area contributed by atoms with Crippen LogP contribution in [0.3, 0.4) is 0 Å². The average molecular weight is 409 g/mol. The molecular formula is C22H28N6O2. The number of anilines is 2. The molecule has 30 heavy (non-hydrogen) atoms. The Bertz CT molecular complexity index is 1150. The van der Waals surface area contributed by atoms with Gasteiger partial charge in [0.05, 0.1) is 5.69 Å². The van der Waals surface area contributed by atoms with Gasteiger partial charge >= 0.3 is 0 Å². The maximum absolute atomic E-state index is 13.0. The topological polar surface area (TPSA) is 95.9 Å². The Morgan fingerprint density at radius 3 is 2.47 bits per heavy atom. The number of aromatic amines is 1. The molecule has 8 heteroatoms. The minimum atomic E-state index is -0.272. The van der Waals surface area contributed by atoms with Crippen LogP contribution >= 0.6 is 0 Å². The maximum atomic E-state index is 13.0. The van der Waals surface area contributed by atoms with Gasteiger partial charge in [-0.15, -0.1) is 0 Å². The van der Waals surface area contributed by atoms with Crippen molar-refractivity contribution in [2.24, 2.45) is 0 Å². The number of benzene rings is 1. The molecule has 3 rings (SSSR count). The highest BCUT2D eigenvalue weighted by Crippen LogP contribution is 2.26. The molecule has 2 N–H and O–H groups in total. The molecule has 0 aliphatic heterocycles. The predicted molar refractivity (Wildman–Crippen MR) is 119 cm³/mol. The highest BCUT2D eigenvalue weighted by molar-refractivity contribution is 6.04. The molecule has 158 valence electrons. The molecule has 2 heterocycles. The molecule has 0 saturated heterocycles. The Labute approximate surface area is 176 Å². The molecule has 0 bridgehead atoms. The Hall–Kier alpha value is -3.42. The van der Waals surface area contributed by atoms with Crippen molar-refractivity contribution < 1.29 is 4.79 Å². The van der Waals surface area contributed by atoms with Gasteiger partial charge in [0.1, 0.15) is 5.82 Å². The summed E-state index contributed by atoms with van der Waals surface area (Å²) in [4.78, 5) is 34.4. The summed E-state index contributed by atoms with van der Waals surface area (Å²) in [6.45, 7) is 9.58. The van der Waals surface area contributed by atoms with Crippen LogP contribution in [-0.4, -0.2) is 39.8 Å². The number of H-pyrrole nitrogens is 1. The normalized spacial score (nSPS) is 11.4. The van der Waals surface area contributed by atoms with E-state index >= 15 is 0 Å². The minimum absolute atomic E-state index is 0.235. The van der Waals surface area contributed by atoms with E-state index < -0.39 is 0 Å². The van der Waals surface area contributed by atoms with E-state index in [-0.39, 0.29) is 22.8 Å². The lowest BCUT2D eigenvalue weighted by atomic mass is 9.92. The number of hydrogen-bond acceptors (Lipinski definition) is 5. The van der Waals surface area contributed by atoms with Crippen molar-refractivity contribution in [1.29, 1.82) is 0 Å². The largest absolute Gasteiger partial charge is 0.378 e. The first kappa shape index (κ1) is 21.3. The van der Waals surface area contributed by atoms with Crippen molar-refractivity contribution in [3.05, 3.63) is 63.2 Å². The number of nitrogens with one attached hydrogen (secondary N) is 2. The second-order valence-electron chi connectivity index (χ2n) is 8.58. The fourth-order valence-corrected chi connectivity index (χ4v) is 2.84. The van der Waals surface area contributed by atoms with Crippen LogP contribution in [0.4, 0.5) is 11.5 Å². The van der Waals surface area contributed by atoms with Gasteiger partial charge in [-0.2, -0.15) is 9.78 Å². The van der Waals surface area contributed by atoms with Gasteiger partial charge in [0, 0.05) is 48.1 Å².